The summed E-state index contributed by atoms with van der Waals surface area (Å²) in [5.74, 6) is -0.0841. The van der Waals surface area contributed by atoms with E-state index in [4.69, 9.17) is 16.3 Å². The van der Waals surface area contributed by atoms with Crippen LogP contribution in [0.15, 0.2) is 65.6 Å². The Morgan fingerprint density at radius 3 is 2.58 bits per heavy atom. The van der Waals surface area contributed by atoms with Crippen molar-refractivity contribution in [3.63, 3.8) is 0 Å². The van der Waals surface area contributed by atoms with Gasteiger partial charge in [0.15, 0.2) is 6.61 Å². The molecule has 0 atom stereocenters. The van der Waals surface area contributed by atoms with Crippen molar-refractivity contribution < 1.29 is 17.9 Å². The molecule has 0 aliphatic carbocycles. The molecule has 0 bridgehead atoms. The number of ether oxygens (including phenoxy) is 1. The highest BCUT2D eigenvalue weighted by molar-refractivity contribution is 7.89. The molecule has 172 valence electrons. The summed E-state index contributed by atoms with van der Waals surface area (Å²) in [5, 5.41) is 2.95. The molecule has 3 aromatic rings. The van der Waals surface area contributed by atoms with Crippen LogP contribution in [0.2, 0.25) is 5.02 Å². The zero-order valence-corrected chi connectivity index (χ0v) is 20.0. The van der Waals surface area contributed by atoms with E-state index in [0.717, 1.165) is 22.4 Å². The molecule has 1 aliphatic rings. The van der Waals surface area contributed by atoms with Crippen molar-refractivity contribution in [3.8, 4) is 5.75 Å². The minimum atomic E-state index is -3.71. The molecule has 1 aliphatic heterocycles. The molecule has 8 heteroatoms. The molecule has 3 aromatic carbocycles. The third-order valence-corrected chi connectivity index (χ3v) is 7.80. The van der Waals surface area contributed by atoms with E-state index in [2.05, 4.69) is 5.32 Å². The summed E-state index contributed by atoms with van der Waals surface area (Å²) in [6, 6.07) is 18.0. The van der Waals surface area contributed by atoms with E-state index >= 15 is 0 Å². The number of halogens is 1. The lowest BCUT2D eigenvalue weighted by Crippen LogP contribution is -2.35. The summed E-state index contributed by atoms with van der Waals surface area (Å²) in [4.78, 5) is 12.4. The molecule has 0 saturated heterocycles. The van der Waals surface area contributed by atoms with Crippen LogP contribution in [0.4, 0.5) is 5.69 Å². The highest BCUT2D eigenvalue weighted by Crippen LogP contribution is 2.31. The molecule has 0 aromatic heterocycles. The highest BCUT2D eigenvalue weighted by Gasteiger charge is 2.28. The molecule has 0 fully saturated rings. The van der Waals surface area contributed by atoms with Crippen LogP contribution in [-0.2, 0) is 27.8 Å². The maximum atomic E-state index is 13.2. The predicted octanol–water partition coefficient (Wildman–Crippen LogP) is 4.72. The first-order valence-corrected chi connectivity index (χ1v) is 12.4. The molecule has 0 spiro atoms. The fraction of sp³-hybridized carbons (Fsp3) is 0.240. The smallest absolute Gasteiger partial charge is 0.262 e. The van der Waals surface area contributed by atoms with Crippen LogP contribution in [0.3, 0.4) is 0 Å². The fourth-order valence-corrected chi connectivity index (χ4v) is 5.53. The van der Waals surface area contributed by atoms with Gasteiger partial charge < -0.3 is 10.1 Å². The van der Waals surface area contributed by atoms with Gasteiger partial charge in [-0.1, -0.05) is 48.0 Å². The summed E-state index contributed by atoms with van der Waals surface area (Å²) >= 11 is 6.31. The number of carbonyl (C=O) groups excluding carboxylic acids is 1. The summed E-state index contributed by atoms with van der Waals surface area (Å²) in [7, 11) is -3.71. The molecule has 33 heavy (non-hydrogen) atoms. The molecular weight excluding hydrogens is 460 g/mol. The topological polar surface area (TPSA) is 75.7 Å². The quantitative estimate of drug-likeness (QED) is 0.549. The van der Waals surface area contributed by atoms with Crippen molar-refractivity contribution in [3.05, 3.63) is 87.9 Å². The number of carbonyl (C=O) groups is 1. The molecule has 4 rings (SSSR count). The number of hydrogen-bond donors (Lipinski definition) is 1. The van der Waals surface area contributed by atoms with Gasteiger partial charge >= 0.3 is 0 Å². The Bertz CT molecular complexity index is 1310. The third-order valence-electron chi connectivity index (χ3n) is 5.66. The molecule has 0 unspecified atom stereocenters. The van der Waals surface area contributed by atoms with Gasteiger partial charge in [-0.2, -0.15) is 4.31 Å². The van der Waals surface area contributed by atoms with Crippen LogP contribution in [0, 0.1) is 13.8 Å². The number of nitrogens with one attached hydrogen (secondary N) is 1. The predicted molar refractivity (Wildman–Crippen MR) is 129 cm³/mol. The first-order chi connectivity index (χ1) is 15.7. The largest absolute Gasteiger partial charge is 0.482 e. The van der Waals surface area contributed by atoms with E-state index in [9.17, 15) is 13.2 Å². The van der Waals surface area contributed by atoms with Crippen LogP contribution in [0.1, 0.15) is 22.3 Å². The molecule has 0 saturated carbocycles. The Hall–Kier alpha value is -2.87. The van der Waals surface area contributed by atoms with Crippen molar-refractivity contribution in [1.82, 2.24) is 4.31 Å². The molecular formula is C25H25ClN2O4S. The van der Waals surface area contributed by atoms with E-state index in [0.29, 0.717) is 19.5 Å². The van der Waals surface area contributed by atoms with E-state index in [1.54, 1.807) is 0 Å². The van der Waals surface area contributed by atoms with Crippen LogP contribution in [0.5, 0.6) is 5.75 Å². The minimum Gasteiger partial charge on any atom is -0.482 e. The number of benzene rings is 3. The standard InChI is InChI=1S/C25H25ClN2O4S/c1-17-7-8-18(2)23(13-17)27-25(29)16-32-24-10-9-21(14-22(24)26)33(30,31)28-12-11-19-5-3-4-6-20(19)15-28/h3-10,13-14H,11-12,15-16H2,1-2H3,(H,27,29). The van der Waals surface area contributed by atoms with E-state index in [1.165, 1.54) is 28.1 Å². The van der Waals surface area contributed by atoms with Gasteiger partial charge in [-0.25, -0.2) is 8.42 Å². The van der Waals surface area contributed by atoms with Crippen molar-refractivity contribution >= 4 is 33.2 Å². The number of nitrogens with zero attached hydrogens (tertiary/aromatic N) is 1. The van der Waals surface area contributed by atoms with E-state index < -0.39 is 10.0 Å². The van der Waals surface area contributed by atoms with Gasteiger partial charge in [0.1, 0.15) is 5.75 Å². The van der Waals surface area contributed by atoms with E-state index in [-0.39, 0.29) is 28.2 Å². The lowest BCUT2D eigenvalue weighted by Gasteiger charge is -2.28. The Labute approximate surface area is 199 Å². The van der Waals surface area contributed by atoms with Crippen LogP contribution >= 0.6 is 11.6 Å². The third kappa shape index (κ3) is 5.21. The van der Waals surface area contributed by atoms with Crippen LogP contribution in [-0.4, -0.2) is 31.8 Å². The Kier molecular flexibility index (Phi) is 6.74. The van der Waals surface area contributed by atoms with Crippen molar-refractivity contribution in [1.29, 1.82) is 0 Å². The molecule has 1 N–H and O–H groups in total. The Balaban J connectivity index is 1.42. The number of sulfonamides is 1. The summed E-state index contributed by atoms with van der Waals surface area (Å²) in [6.07, 6.45) is 0.667. The van der Waals surface area contributed by atoms with Gasteiger partial charge in [0.2, 0.25) is 10.0 Å². The summed E-state index contributed by atoms with van der Waals surface area (Å²) in [5.41, 5.74) is 4.88. The molecule has 6 nitrogen and oxygen atoms in total. The average molecular weight is 485 g/mol. The monoisotopic (exact) mass is 484 g/mol. The SMILES string of the molecule is Cc1ccc(C)c(NC(=O)COc2ccc(S(=O)(=O)N3CCc4ccccc4C3)cc2Cl)c1. The lowest BCUT2D eigenvalue weighted by molar-refractivity contribution is -0.118. The second kappa shape index (κ2) is 9.55. The van der Waals surface area contributed by atoms with Crippen molar-refractivity contribution in [2.45, 2.75) is 31.7 Å². The average Bonchev–Trinajstić information content (AvgIpc) is 2.80. The maximum Gasteiger partial charge on any atom is 0.262 e. The van der Waals surface area contributed by atoms with Gasteiger partial charge in [-0.05, 0) is 66.8 Å². The number of aryl methyl sites for hydroxylation is 2. The normalized spacial score (nSPS) is 13.9. The second-order valence-corrected chi connectivity index (χ2v) is 10.4. The highest BCUT2D eigenvalue weighted by atomic mass is 35.5. The van der Waals surface area contributed by atoms with E-state index in [1.807, 2.05) is 56.3 Å². The van der Waals surface area contributed by atoms with Gasteiger partial charge in [-0.15, -0.1) is 0 Å². The molecule has 1 amide bonds. The Morgan fingerprint density at radius 2 is 1.82 bits per heavy atom. The van der Waals surface area contributed by atoms with Crippen molar-refractivity contribution in [2.75, 3.05) is 18.5 Å². The number of anilines is 1. The van der Waals surface area contributed by atoms with Crippen LogP contribution in [0.25, 0.3) is 0 Å². The first-order valence-electron chi connectivity index (χ1n) is 10.6. The first kappa shape index (κ1) is 23.3. The van der Waals surface area contributed by atoms with Crippen LogP contribution < -0.4 is 10.1 Å². The van der Waals surface area contributed by atoms with Gasteiger partial charge in [0.25, 0.3) is 5.91 Å². The minimum absolute atomic E-state index is 0.0964. The second-order valence-electron chi connectivity index (χ2n) is 8.10. The number of amides is 1. The molecule has 0 radical (unpaired) electrons. The van der Waals surface area contributed by atoms with Crippen molar-refractivity contribution in [2.24, 2.45) is 0 Å². The number of hydrogen-bond acceptors (Lipinski definition) is 4. The van der Waals surface area contributed by atoms with Gasteiger partial charge in [-0.3, -0.25) is 4.79 Å². The number of rotatable bonds is 6. The lowest BCUT2D eigenvalue weighted by atomic mass is 10.0. The fourth-order valence-electron chi connectivity index (χ4n) is 3.78. The maximum absolute atomic E-state index is 13.2. The van der Waals surface area contributed by atoms with Gasteiger partial charge in [0.05, 0.1) is 9.92 Å². The summed E-state index contributed by atoms with van der Waals surface area (Å²) in [6.45, 7) is 4.35. The zero-order chi connectivity index (χ0) is 23.6. The zero-order valence-electron chi connectivity index (χ0n) is 18.5. The Morgan fingerprint density at radius 1 is 1.06 bits per heavy atom. The van der Waals surface area contributed by atoms with Gasteiger partial charge in [0, 0.05) is 18.8 Å². The number of fused-ring (bicyclic) bond motifs is 1. The molecule has 1 heterocycles. The summed E-state index contributed by atoms with van der Waals surface area (Å²) < 4.78 is 33.3.